The van der Waals surface area contributed by atoms with Crippen LogP contribution in [0.15, 0.2) is 24.3 Å². The third-order valence-electron chi connectivity index (χ3n) is 3.94. The van der Waals surface area contributed by atoms with Crippen LogP contribution in [-0.4, -0.2) is 24.8 Å². The second-order valence-corrected chi connectivity index (χ2v) is 5.19. The van der Waals surface area contributed by atoms with Gasteiger partial charge in [-0.2, -0.15) is 0 Å². The van der Waals surface area contributed by atoms with E-state index in [0.29, 0.717) is 12.5 Å². The van der Waals surface area contributed by atoms with Gasteiger partial charge in [0.05, 0.1) is 0 Å². The molecule has 1 heterocycles. The molecule has 1 fully saturated rings. The van der Waals surface area contributed by atoms with E-state index in [9.17, 15) is 0 Å². The van der Waals surface area contributed by atoms with Crippen LogP contribution in [0.4, 0.5) is 5.69 Å². The van der Waals surface area contributed by atoms with Gasteiger partial charge in [-0.1, -0.05) is 25.1 Å². The van der Waals surface area contributed by atoms with Crippen molar-refractivity contribution in [1.29, 1.82) is 0 Å². The van der Waals surface area contributed by atoms with Gasteiger partial charge in [0.25, 0.3) is 0 Å². The minimum absolute atomic E-state index is 0.123. The number of aliphatic hydroxyl groups excluding tert-OH is 1. The van der Waals surface area contributed by atoms with Gasteiger partial charge in [-0.15, -0.1) is 0 Å². The van der Waals surface area contributed by atoms with E-state index in [-0.39, 0.29) is 6.04 Å². The molecule has 1 aliphatic rings. The smallest absolute Gasteiger partial charge is 0.0434 e. The fourth-order valence-corrected chi connectivity index (χ4v) is 2.78. The van der Waals surface area contributed by atoms with Gasteiger partial charge in [-0.25, -0.2) is 0 Å². The molecule has 100 valence electrons. The number of rotatable bonds is 5. The van der Waals surface area contributed by atoms with Crippen molar-refractivity contribution in [2.45, 2.75) is 32.2 Å². The van der Waals surface area contributed by atoms with Gasteiger partial charge in [0.15, 0.2) is 0 Å². The van der Waals surface area contributed by atoms with E-state index in [1.54, 1.807) is 0 Å². The molecule has 0 aromatic heterocycles. The first kappa shape index (κ1) is 13.4. The summed E-state index contributed by atoms with van der Waals surface area (Å²) in [4.78, 5) is 2.42. The Morgan fingerprint density at radius 1 is 1.44 bits per heavy atom. The summed E-state index contributed by atoms with van der Waals surface area (Å²) in [5.41, 5.74) is 8.73. The van der Waals surface area contributed by atoms with Crippen molar-refractivity contribution >= 4 is 5.69 Å². The number of hydrogen-bond donors (Lipinski definition) is 2. The second-order valence-electron chi connectivity index (χ2n) is 5.19. The molecule has 3 heteroatoms. The molecule has 0 aliphatic carbocycles. The Balaban J connectivity index is 2.14. The average molecular weight is 248 g/mol. The van der Waals surface area contributed by atoms with Crippen LogP contribution in [0.3, 0.4) is 0 Å². The van der Waals surface area contributed by atoms with E-state index in [1.807, 2.05) is 0 Å². The lowest BCUT2D eigenvalue weighted by molar-refractivity contribution is 0.263. The highest BCUT2D eigenvalue weighted by Gasteiger charge is 2.24. The molecule has 2 atom stereocenters. The zero-order valence-corrected chi connectivity index (χ0v) is 11.2. The van der Waals surface area contributed by atoms with Crippen LogP contribution >= 0.6 is 0 Å². The average Bonchev–Trinajstić information content (AvgIpc) is 2.87. The van der Waals surface area contributed by atoms with Crippen molar-refractivity contribution in [3.05, 3.63) is 29.8 Å². The Bertz CT molecular complexity index is 381. The molecule has 0 saturated carbocycles. The Morgan fingerprint density at radius 3 is 2.94 bits per heavy atom. The zero-order chi connectivity index (χ0) is 13.0. The third-order valence-corrected chi connectivity index (χ3v) is 3.94. The molecule has 3 N–H and O–H groups in total. The Kier molecular flexibility index (Phi) is 4.61. The first-order chi connectivity index (χ1) is 8.76. The molecular weight excluding hydrogens is 224 g/mol. The maximum atomic E-state index is 9.03. The van der Waals surface area contributed by atoms with Crippen LogP contribution in [0.2, 0.25) is 0 Å². The van der Waals surface area contributed by atoms with Crippen LogP contribution in [-0.2, 0) is 0 Å². The zero-order valence-electron chi connectivity index (χ0n) is 11.2. The minimum Gasteiger partial charge on any atom is -0.396 e. The SMILES string of the molecule is CC[C@H](N)c1ccccc1N1CCC(CCO)C1. The molecule has 1 aromatic carbocycles. The molecule has 1 unspecified atom stereocenters. The Hall–Kier alpha value is -1.06. The summed E-state index contributed by atoms with van der Waals surface area (Å²) >= 11 is 0. The maximum Gasteiger partial charge on any atom is 0.0434 e. The van der Waals surface area contributed by atoms with Crippen molar-refractivity contribution in [3.63, 3.8) is 0 Å². The van der Waals surface area contributed by atoms with Gasteiger partial charge >= 0.3 is 0 Å². The summed E-state index contributed by atoms with van der Waals surface area (Å²) in [6, 6.07) is 8.59. The number of nitrogens with zero attached hydrogens (tertiary/aromatic N) is 1. The number of benzene rings is 1. The van der Waals surface area contributed by atoms with E-state index in [4.69, 9.17) is 10.8 Å². The number of anilines is 1. The third kappa shape index (κ3) is 2.85. The molecular formula is C15H24N2O. The maximum absolute atomic E-state index is 9.03. The lowest BCUT2D eigenvalue weighted by Crippen LogP contribution is -2.23. The summed E-state index contributed by atoms with van der Waals surface area (Å²) in [5.74, 6) is 0.626. The number of nitrogens with two attached hydrogens (primary N) is 1. The van der Waals surface area contributed by atoms with Gasteiger partial charge in [0.1, 0.15) is 0 Å². The highest BCUT2D eigenvalue weighted by Crippen LogP contribution is 2.31. The number of para-hydroxylation sites is 1. The topological polar surface area (TPSA) is 49.5 Å². The Labute approximate surface area is 110 Å². The molecule has 1 aliphatic heterocycles. The monoisotopic (exact) mass is 248 g/mol. The fraction of sp³-hybridized carbons (Fsp3) is 0.600. The number of aliphatic hydroxyl groups is 1. The van der Waals surface area contributed by atoms with E-state index in [1.165, 1.54) is 17.7 Å². The number of hydrogen-bond acceptors (Lipinski definition) is 3. The molecule has 3 nitrogen and oxygen atoms in total. The summed E-state index contributed by atoms with van der Waals surface area (Å²) in [6.45, 7) is 4.56. The second kappa shape index (κ2) is 6.21. The molecule has 0 radical (unpaired) electrons. The molecule has 1 aromatic rings. The Morgan fingerprint density at radius 2 is 2.22 bits per heavy atom. The van der Waals surface area contributed by atoms with Crippen LogP contribution < -0.4 is 10.6 Å². The largest absolute Gasteiger partial charge is 0.396 e. The van der Waals surface area contributed by atoms with Crippen molar-refractivity contribution in [1.82, 2.24) is 0 Å². The lowest BCUT2D eigenvalue weighted by Gasteiger charge is -2.24. The van der Waals surface area contributed by atoms with Crippen LogP contribution in [0.1, 0.15) is 37.8 Å². The van der Waals surface area contributed by atoms with Crippen LogP contribution in [0.25, 0.3) is 0 Å². The van der Waals surface area contributed by atoms with Gasteiger partial charge in [0, 0.05) is 31.4 Å². The van der Waals surface area contributed by atoms with Gasteiger partial charge in [0.2, 0.25) is 0 Å². The van der Waals surface area contributed by atoms with Gasteiger partial charge in [-0.05, 0) is 36.8 Å². The highest BCUT2D eigenvalue weighted by atomic mass is 16.3. The standard InChI is InChI=1S/C15H24N2O/c1-2-14(16)13-5-3-4-6-15(13)17-9-7-12(11-17)8-10-18/h3-6,12,14,18H,2,7-11,16H2,1H3/t12?,14-/m0/s1. The van der Waals surface area contributed by atoms with Gasteiger partial charge in [-0.3, -0.25) is 0 Å². The minimum atomic E-state index is 0.123. The molecule has 18 heavy (non-hydrogen) atoms. The van der Waals surface area contributed by atoms with E-state index >= 15 is 0 Å². The predicted molar refractivity (Wildman–Crippen MR) is 75.7 cm³/mol. The van der Waals surface area contributed by atoms with Crippen molar-refractivity contribution in [3.8, 4) is 0 Å². The quantitative estimate of drug-likeness (QED) is 0.840. The summed E-state index contributed by atoms with van der Waals surface area (Å²) < 4.78 is 0. The van der Waals surface area contributed by atoms with E-state index in [2.05, 4.69) is 36.1 Å². The molecule has 1 saturated heterocycles. The van der Waals surface area contributed by atoms with Crippen molar-refractivity contribution in [2.75, 3.05) is 24.6 Å². The molecule has 2 rings (SSSR count). The van der Waals surface area contributed by atoms with Gasteiger partial charge < -0.3 is 15.7 Å². The van der Waals surface area contributed by atoms with E-state index < -0.39 is 0 Å². The van der Waals surface area contributed by atoms with E-state index in [0.717, 1.165) is 25.9 Å². The van der Waals surface area contributed by atoms with Crippen LogP contribution in [0, 0.1) is 5.92 Å². The first-order valence-electron chi connectivity index (χ1n) is 6.96. The predicted octanol–water partition coefficient (Wildman–Crippen LogP) is 2.31. The van der Waals surface area contributed by atoms with Crippen molar-refractivity contribution in [2.24, 2.45) is 11.7 Å². The molecule has 0 bridgehead atoms. The highest BCUT2D eigenvalue weighted by molar-refractivity contribution is 5.55. The fourth-order valence-electron chi connectivity index (χ4n) is 2.78. The normalized spacial score (nSPS) is 21.3. The summed E-state index contributed by atoms with van der Waals surface area (Å²) in [6.07, 6.45) is 3.06. The summed E-state index contributed by atoms with van der Waals surface area (Å²) in [5, 5.41) is 9.03. The first-order valence-corrected chi connectivity index (χ1v) is 6.96. The van der Waals surface area contributed by atoms with Crippen LogP contribution in [0.5, 0.6) is 0 Å². The summed E-state index contributed by atoms with van der Waals surface area (Å²) in [7, 11) is 0. The lowest BCUT2D eigenvalue weighted by atomic mass is 10.0. The molecule has 0 spiro atoms. The molecule has 0 amide bonds. The van der Waals surface area contributed by atoms with Crippen molar-refractivity contribution < 1.29 is 5.11 Å².